The van der Waals surface area contributed by atoms with Crippen LogP contribution in [0, 0.1) is 6.92 Å². The Balaban J connectivity index is 1.71. The first kappa shape index (κ1) is 16.6. The molecule has 0 saturated carbocycles. The lowest BCUT2D eigenvalue weighted by molar-refractivity contribution is 0.0945. The topological polar surface area (TPSA) is 58.1 Å². The number of anilines is 2. The first-order valence-corrected chi connectivity index (χ1v) is 8.08. The van der Waals surface area contributed by atoms with Crippen LogP contribution in [0.25, 0.3) is 0 Å². The number of nitrogens with zero attached hydrogens (tertiary/aromatic N) is 3. The molecule has 0 fully saturated rings. The van der Waals surface area contributed by atoms with E-state index in [4.69, 9.17) is 0 Å². The number of para-hydroxylation sites is 1. The highest BCUT2D eigenvalue weighted by atomic mass is 16.1. The quantitative estimate of drug-likeness (QED) is 0.777. The molecule has 0 aliphatic rings. The molecule has 5 nitrogen and oxygen atoms in total. The largest absolute Gasteiger partial charge is 0.347 e. The summed E-state index contributed by atoms with van der Waals surface area (Å²) in [6, 6.07) is 19.6. The lowest BCUT2D eigenvalue weighted by Gasteiger charge is -2.18. The predicted molar refractivity (Wildman–Crippen MR) is 98.9 cm³/mol. The van der Waals surface area contributed by atoms with E-state index in [0.717, 1.165) is 11.3 Å². The van der Waals surface area contributed by atoms with E-state index in [1.54, 1.807) is 6.07 Å². The Kier molecular flexibility index (Phi) is 5.04. The molecule has 0 spiro atoms. The number of carbonyl (C=O) groups excluding carboxylic acids is 1. The van der Waals surface area contributed by atoms with Crippen LogP contribution in [-0.2, 0) is 6.54 Å². The zero-order valence-electron chi connectivity index (χ0n) is 14.3. The molecule has 0 aliphatic carbocycles. The minimum absolute atomic E-state index is 0.216. The van der Waals surface area contributed by atoms with Gasteiger partial charge in [-0.25, -0.2) is 9.97 Å². The molecule has 5 heteroatoms. The van der Waals surface area contributed by atoms with Gasteiger partial charge in [-0.3, -0.25) is 4.79 Å². The van der Waals surface area contributed by atoms with Gasteiger partial charge >= 0.3 is 0 Å². The number of amides is 1. The van der Waals surface area contributed by atoms with E-state index in [0.29, 0.717) is 18.1 Å². The smallest absolute Gasteiger partial charge is 0.270 e. The van der Waals surface area contributed by atoms with Gasteiger partial charge < -0.3 is 10.2 Å². The first-order valence-electron chi connectivity index (χ1n) is 8.08. The van der Waals surface area contributed by atoms with Gasteiger partial charge in [0, 0.05) is 25.3 Å². The second kappa shape index (κ2) is 7.57. The third-order valence-corrected chi connectivity index (χ3v) is 3.91. The minimum atomic E-state index is -0.216. The van der Waals surface area contributed by atoms with E-state index >= 15 is 0 Å². The Morgan fingerprint density at radius 3 is 2.60 bits per heavy atom. The summed E-state index contributed by atoms with van der Waals surface area (Å²) in [5.74, 6) is 0.452. The van der Waals surface area contributed by atoms with E-state index < -0.39 is 0 Å². The van der Waals surface area contributed by atoms with Gasteiger partial charge in [-0.15, -0.1) is 0 Å². The summed E-state index contributed by atoms with van der Waals surface area (Å²) in [5.41, 5.74) is 3.57. The molecule has 0 atom stereocenters. The third-order valence-electron chi connectivity index (χ3n) is 3.91. The van der Waals surface area contributed by atoms with Crippen LogP contribution in [0.3, 0.4) is 0 Å². The zero-order valence-corrected chi connectivity index (χ0v) is 14.3. The van der Waals surface area contributed by atoms with Crippen molar-refractivity contribution in [2.24, 2.45) is 0 Å². The molecule has 3 rings (SSSR count). The SMILES string of the molecule is Cc1cccc(CNC(=O)c2cc(N(C)c3ccccc3)ncn2)c1. The zero-order chi connectivity index (χ0) is 17.6. The predicted octanol–water partition coefficient (Wildman–Crippen LogP) is 3.48. The van der Waals surface area contributed by atoms with Crippen molar-refractivity contribution in [1.82, 2.24) is 15.3 Å². The van der Waals surface area contributed by atoms with Crippen LogP contribution in [0.4, 0.5) is 11.5 Å². The van der Waals surface area contributed by atoms with Gasteiger partial charge in [-0.2, -0.15) is 0 Å². The molecule has 0 aliphatic heterocycles. The van der Waals surface area contributed by atoms with Crippen molar-refractivity contribution >= 4 is 17.4 Å². The first-order chi connectivity index (χ1) is 12.1. The van der Waals surface area contributed by atoms with Crippen LogP contribution in [0.5, 0.6) is 0 Å². The molecule has 0 radical (unpaired) electrons. The Morgan fingerprint density at radius 2 is 1.84 bits per heavy atom. The molecule has 0 bridgehead atoms. The summed E-state index contributed by atoms with van der Waals surface area (Å²) in [6.45, 7) is 2.50. The lowest BCUT2D eigenvalue weighted by atomic mass is 10.1. The maximum absolute atomic E-state index is 12.4. The Bertz CT molecular complexity index is 864. The van der Waals surface area contributed by atoms with Crippen LogP contribution in [0.1, 0.15) is 21.6 Å². The maximum Gasteiger partial charge on any atom is 0.270 e. The van der Waals surface area contributed by atoms with Crippen molar-refractivity contribution in [3.63, 3.8) is 0 Å². The molecule has 126 valence electrons. The lowest BCUT2D eigenvalue weighted by Crippen LogP contribution is -2.24. The third kappa shape index (κ3) is 4.20. The van der Waals surface area contributed by atoms with Gasteiger partial charge in [0.05, 0.1) is 0 Å². The van der Waals surface area contributed by atoms with Gasteiger partial charge in [0.25, 0.3) is 5.91 Å². The van der Waals surface area contributed by atoms with Crippen molar-refractivity contribution in [3.05, 3.63) is 83.8 Å². The number of aryl methyl sites for hydroxylation is 1. The summed E-state index contributed by atoms with van der Waals surface area (Å²) in [7, 11) is 1.91. The molecule has 0 saturated heterocycles. The van der Waals surface area contributed by atoms with Crippen molar-refractivity contribution in [2.75, 3.05) is 11.9 Å². The molecular weight excluding hydrogens is 312 g/mol. The second-order valence-corrected chi connectivity index (χ2v) is 5.83. The molecule has 25 heavy (non-hydrogen) atoms. The molecule has 0 unspecified atom stereocenters. The van der Waals surface area contributed by atoms with E-state index in [9.17, 15) is 4.79 Å². The van der Waals surface area contributed by atoms with Crippen LogP contribution < -0.4 is 10.2 Å². The summed E-state index contributed by atoms with van der Waals surface area (Å²) in [4.78, 5) is 22.7. The minimum Gasteiger partial charge on any atom is -0.347 e. The highest BCUT2D eigenvalue weighted by Crippen LogP contribution is 2.20. The summed E-state index contributed by atoms with van der Waals surface area (Å²) < 4.78 is 0. The molecule has 1 aromatic heterocycles. The maximum atomic E-state index is 12.4. The highest BCUT2D eigenvalue weighted by molar-refractivity contribution is 5.93. The Morgan fingerprint density at radius 1 is 1.04 bits per heavy atom. The molecule has 1 amide bonds. The summed E-state index contributed by atoms with van der Waals surface area (Å²) >= 11 is 0. The van der Waals surface area contributed by atoms with E-state index in [1.807, 2.05) is 67.4 Å². The van der Waals surface area contributed by atoms with Gasteiger partial charge in [0.15, 0.2) is 0 Å². The van der Waals surface area contributed by atoms with Gasteiger partial charge in [-0.1, -0.05) is 48.0 Å². The monoisotopic (exact) mass is 332 g/mol. The fraction of sp³-hybridized carbons (Fsp3) is 0.150. The van der Waals surface area contributed by atoms with Crippen molar-refractivity contribution in [1.29, 1.82) is 0 Å². The van der Waals surface area contributed by atoms with E-state index in [2.05, 4.69) is 21.4 Å². The molecular formula is C20H20N4O. The molecule has 1 heterocycles. The number of rotatable bonds is 5. The highest BCUT2D eigenvalue weighted by Gasteiger charge is 2.11. The summed E-state index contributed by atoms with van der Waals surface area (Å²) in [6.07, 6.45) is 1.41. The molecule has 3 aromatic rings. The average Bonchev–Trinajstić information content (AvgIpc) is 2.66. The number of aromatic nitrogens is 2. The van der Waals surface area contributed by atoms with Crippen LogP contribution in [0.15, 0.2) is 67.0 Å². The van der Waals surface area contributed by atoms with Crippen molar-refractivity contribution in [3.8, 4) is 0 Å². The molecule has 1 N–H and O–H groups in total. The fourth-order valence-corrected chi connectivity index (χ4v) is 2.53. The Hall–Kier alpha value is -3.21. The number of hydrogen-bond donors (Lipinski definition) is 1. The summed E-state index contributed by atoms with van der Waals surface area (Å²) in [5, 5.41) is 2.90. The van der Waals surface area contributed by atoms with E-state index in [1.165, 1.54) is 11.9 Å². The van der Waals surface area contributed by atoms with Gasteiger partial charge in [-0.05, 0) is 24.6 Å². The standard InChI is InChI=1S/C20H20N4O/c1-15-7-6-8-16(11-15)13-21-20(25)18-12-19(23-14-22-18)24(2)17-9-4-3-5-10-17/h3-12,14H,13H2,1-2H3,(H,21,25). The average molecular weight is 332 g/mol. The second-order valence-electron chi connectivity index (χ2n) is 5.83. The van der Waals surface area contributed by atoms with Crippen LogP contribution >= 0.6 is 0 Å². The van der Waals surface area contributed by atoms with Crippen molar-refractivity contribution < 1.29 is 4.79 Å². The van der Waals surface area contributed by atoms with Gasteiger partial charge in [0.1, 0.15) is 17.8 Å². The number of carbonyl (C=O) groups is 1. The van der Waals surface area contributed by atoms with Gasteiger partial charge in [0.2, 0.25) is 0 Å². The van der Waals surface area contributed by atoms with E-state index in [-0.39, 0.29) is 5.91 Å². The van der Waals surface area contributed by atoms with Crippen LogP contribution in [0.2, 0.25) is 0 Å². The van der Waals surface area contributed by atoms with Crippen molar-refractivity contribution in [2.45, 2.75) is 13.5 Å². The normalized spacial score (nSPS) is 10.3. The molecule has 2 aromatic carbocycles. The Labute approximate surface area is 147 Å². The number of nitrogens with one attached hydrogen (secondary N) is 1. The fourth-order valence-electron chi connectivity index (χ4n) is 2.53. The number of benzene rings is 2. The number of hydrogen-bond acceptors (Lipinski definition) is 4. The van der Waals surface area contributed by atoms with Crippen LogP contribution in [-0.4, -0.2) is 22.9 Å².